The van der Waals surface area contributed by atoms with E-state index < -0.39 is 23.9 Å². The summed E-state index contributed by atoms with van der Waals surface area (Å²) in [5.41, 5.74) is 5.61. The largest absolute Gasteiger partial charge is 0.490 e. The average molecular weight is 520 g/mol. The SMILES string of the molecule is NCC(Cn1ncn(Cc2ccc(-c3cnn(CC4CC4)c3)s2)c1=O)=C(F)F.O=C(O)C(F)(F)F. The molecule has 3 N–H and O–H groups in total. The Morgan fingerprint density at radius 3 is 2.49 bits per heavy atom. The van der Waals surface area contributed by atoms with Crippen LogP contribution in [0.1, 0.15) is 17.7 Å². The van der Waals surface area contributed by atoms with Crippen LogP contribution >= 0.6 is 11.3 Å². The first-order valence-electron chi connectivity index (χ1n) is 10.2. The fraction of sp³-hybridized carbons (Fsp3) is 0.400. The number of nitrogens with zero attached hydrogens (tertiary/aromatic N) is 5. The molecule has 1 aliphatic carbocycles. The molecule has 0 bridgehead atoms. The number of hydrogen-bond donors (Lipinski definition) is 2. The first-order valence-corrected chi connectivity index (χ1v) is 11.1. The molecule has 0 spiro atoms. The van der Waals surface area contributed by atoms with Crippen LogP contribution in [0.5, 0.6) is 0 Å². The lowest BCUT2D eigenvalue weighted by Crippen LogP contribution is -2.27. The summed E-state index contributed by atoms with van der Waals surface area (Å²) in [6.45, 7) is 0.676. The average Bonchev–Trinajstić information content (AvgIpc) is 3.14. The van der Waals surface area contributed by atoms with Gasteiger partial charge < -0.3 is 10.8 Å². The molecule has 0 amide bonds. The van der Waals surface area contributed by atoms with Gasteiger partial charge in [-0.05, 0) is 30.9 Å². The van der Waals surface area contributed by atoms with Gasteiger partial charge in [0, 0.05) is 40.2 Å². The van der Waals surface area contributed by atoms with Gasteiger partial charge in [-0.2, -0.15) is 32.1 Å². The van der Waals surface area contributed by atoms with Crippen molar-refractivity contribution >= 4 is 17.3 Å². The van der Waals surface area contributed by atoms with Crippen LogP contribution in [-0.4, -0.2) is 47.9 Å². The van der Waals surface area contributed by atoms with E-state index in [2.05, 4.69) is 10.2 Å². The Bertz CT molecular complexity index is 1250. The molecule has 0 radical (unpaired) electrons. The number of aliphatic carboxylic acids is 1. The maximum absolute atomic E-state index is 12.8. The number of carbonyl (C=O) groups is 1. The van der Waals surface area contributed by atoms with Gasteiger partial charge in [0.25, 0.3) is 6.08 Å². The van der Waals surface area contributed by atoms with Crippen molar-refractivity contribution in [1.29, 1.82) is 0 Å². The highest BCUT2D eigenvalue weighted by Gasteiger charge is 2.38. The first kappa shape index (κ1) is 26.3. The van der Waals surface area contributed by atoms with Gasteiger partial charge in [0.1, 0.15) is 6.33 Å². The summed E-state index contributed by atoms with van der Waals surface area (Å²) in [6, 6.07) is 3.95. The minimum atomic E-state index is -5.08. The smallest absolute Gasteiger partial charge is 0.475 e. The minimum absolute atomic E-state index is 0.297. The zero-order chi connectivity index (χ0) is 25.8. The fourth-order valence-electron chi connectivity index (χ4n) is 2.91. The van der Waals surface area contributed by atoms with Crippen molar-refractivity contribution in [2.45, 2.75) is 38.7 Å². The number of aromatic nitrogens is 5. The standard InChI is InChI=1S/C18H20F2N6OS.C2HF3O2/c19-17(20)13(5-21)9-26-18(27)24(11-23-26)10-15-3-4-16(28-15)14-6-22-25(8-14)7-12-1-2-12;3-2(4,5)1(6)7/h3-4,6,8,11-12H,1-2,5,7,9-10,21H2;(H,6,7). The van der Waals surface area contributed by atoms with E-state index in [-0.39, 0.29) is 18.7 Å². The molecule has 0 aliphatic heterocycles. The fourth-order valence-corrected chi connectivity index (χ4v) is 3.89. The molecule has 1 fully saturated rings. The molecular weight excluding hydrogens is 499 g/mol. The molecule has 3 heterocycles. The van der Waals surface area contributed by atoms with E-state index in [1.165, 1.54) is 23.7 Å². The molecule has 190 valence electrons. The van der Waals surface area contributed by atoms with Crippen molar-refractivity contribution in [3.05, 3.63) is 57.9 Å². The van der Waals surface area contributed by atoms with Crippen molar-refractivity contribution in [2.75, 3.05) is 6.54 Å². The number of carboxylic acid groups (broad SMARTS) is 1. The summed E-state index contributed by atoms with van der Waals surface area (Å²) >= 11 is 1.57. The lowest BCUT2D eigenvalue weighted by atomic mass is 10.3. The van der Waals surface area contributed by atoms with E-state index in [9.17, 15) is 26.7 Å². The van der Waals surface area contributed by atoms with E-state index in [0.717, 1.165) is 32.5 Å². The van der Waals surface area contributed by atoms with Gasteiger partial charge in [-0.1, -0.05) is 0 Å². The number of alkyl halides is 3. The Kier molecular flexibility index (Phi) is 8.22. The molecule has 0 aromatic carbocycles. The third-order valence-electron chi connectivity index (χ3n) is 4.94. The van der Waals surface area contributed by atoms with E-state index in [1.54, 1.807) is 11.3 Å². The van der Waals surface area contributed by atoms with E-state index >= 15 is 0 Å². The van der Waals surface area contributed by atoms with Crippen LogP contribution in [0, 0.1) is 5.92 Å². The lowest BCUT2D eigenvalue weighted by molar-refractivity contribution is -0.192. The molecule has 35 heavy (non-hydrogen) atoms. The maximum Gasteiger partial charge on any atom is 0.490 e. The highest BCUT2D eigenvalue weighted by molar-refractivity contribution is 7.15. The molecular formula is C20H21F5N6O3S. The normalized spacial score (nSPS) is 13.3. The zero-order valence-electron chi connectivity index (χ0n) is 18.1. The van der Waals surface area contributed by atoms with Crippen LogP contribution in [-0.2, 0) is 24.4 Å². The van der Waals surface area contributed by atoms with Gasteiger partial charge >= 0.3 is 17.8 Å². The monoisotopic (exact) mass is 520 g/mol. The van der Waals surface area contributed by atoms with Crippen LogP contribution in [0.25, 0.3) is 10.4 Å². The highest BCUT2D eigenvalue weighted by atomic mass is 32.1. The summed E-state index contributed by atoms with van der Waals surface area (Å²) in [7, 11) is 0. The van der Waals surface area contributed by atoms with Gasteiger partial charge in [0.2, 0.25) is 0 Å². The van der Waals surface area contributed by atoms with E-state index in [4.69, 9.17) is 15.6 Å². The van der Waals surface area contributed by atoms with Crippen LogP contribution in [0.4, 0.5) is 22.0 Å². The summed E-state index contributed by atoms with van der Waals surface area (Å²) < 4.78 is 61.6. The predicted octanol–water partition coefficient (Wildman–Crippen LogP) is 3.17. The molecule has 0 atom stereocenters. The number of nitrogens with two attached hydrogens (primary N) is 1. The van der Waals surface area contributed by atoms with Crippen molar-refractivity contribution < 1.29 is 31.9 Å². The molecule has 1 aliphatic rings. The number of thiophene rings is 1. The van der Waals surface area contributed by atoms with Gasteiger partial charge in [-0.15, -0.1) is 11.3 Å². The van der Waals surface area contributed by atoms with Crippen molar-refractivity contribution in [3.8, 4) is 10.4 Å². The van der Waals surface area contributed by atoms with Crippen LogP contribution < -0.4 is 11.4 Å². The van der Waals surface area contributed by atoms with Crippen molar-refractivity contribution in [2.24, 2.45) is 11.7 Å². The second-order valence-electron chi connectivity index (χ2n) is 7.73. The third-order valence-corrected chi connectivity index (χ3v) is 6.06. The highest BCUT2D eigenvalue weighted by Crippen LogP contribution is 2.32. The molecule has 9 nitrogen and oxygen atoms in total. The van der Waals surface area contributed by atoms with Crippen LogP contribution in [0.15, 0.2) is 47.3 Å². The van der Waals surface area contributed by atoms with Gasteiger partial charge in [-0.25, -0.2) is 14.3 Å². The second kappa shape index (κ2) is 10.9. The van der Waals surface area contributed by atoms with Gasteiger partial charge in [0.15, 0.2) is 0 Å². The predicted molar refractivity (Wildman–Crippen MR) is 116 cm³/mol. The Morgan fingerprint density at radius 2 is 1.91 bits per heavy atom. The molecule has 0 saturated heterocycles. The summed E-state index contributed by atoms with van der Waals surface area (Å²) in [5, 5.41) is 15.5. The zero-order valence-corrected chi connectivity index (χ0v) is 18.9. The summed E-state index contributed by atoms with van der Waals surface area (Å²) in [4.78, 5) is 23.3. The lowest BCUT2D eigenvalue weighted by Gasteiger charge is -2.02. The molecule has 15 heteroatoms. The van der Waals surface area contributed by atoms with Gasteiger partial charge in [-0.3, -0.25) is 9.25 Å². The molecule has 4 rings (SSSR count). The number of halogens is 5. The van der Waals surface area contributed by atoms with Crippen LogP contribution in [0.2, 0.25) is 0 Å². The van der Waals surface area contributed by atoms with E-state index in [1.807, 2.05) is 29.2 Å². The quantitative estimate of drug-likeness (QED) is 0.440. The Morgan fingerprint density at radius 1 is 1.23 bits per heavy atom. The Hall–Kier alpha value is -3.33. The molecule has 3 aromatic rings. The number of carboxylic acids is 1. The molecule has 0 unspecified atom stereocenters. The summed E-state index contributed by atoms with van der Waals surface area (Å²) in [5.74, 6) is -2.00. The van der Waals surface area contributed by atoms with Crippen molar-refractivity contribution in [1.82, 2.24) is 24.1 Å². The summed E-state index contributed by atoms with van der Waals surface area (Å²) in [6.07, 6.45) is 0.871. The van der Waals surface area contributed by atoms with Gasteiger partial charge in [0.05, 0.1) is 19.3 Å². The number of hydrogen-bond acceptors (Lipinski definition) is 6. The first-order chi connectivity index (χ1) is 16.5. The molecule has 3 aromatic heterocycles. The van der Waals surface area contributed by atoms with Crippen molar-refractivity contribution in [3.63, 3.8) is 0 Å². The minimum Gasteiger partial charge on any atom is -0.475 e. The second-order valence-corrected chi connectivity index (χ2v) is 8.90. The molecule has 1 saturated carbocycles. The number of rotatable bonds is 8. The Balaban J connectivity index is 0.000000429. The van der Waals surface area contributed by atoms with Crippen LogP contribution in [0.3, 0.4) is 0 Å². The Labute approximate surface area is 198 Å². The maximum atomic E-state index is 12.8. The topological polar surface area (TPSA) is 121 Å². The van der Waals surface area contributed by atoms with E-state index in [0.29, 0.717) is 6.54 Å². The third kappa shape index (κ3) is 7.32.